The van der Waals surface area contributed by atoms with Gasteiger partial charge in [0.1, 0.15) is 11.6 Å². The molecule has 2 aromatic rings. The second kappa shape index (κ2) is 9.35. The van der Waals surface area contributed by atoms with Gasteiger partial charge in [-0.1, -0.05) is 12.1 Å². The van der Waals surface area contributed by atoms with Crippen LogP contribution >= 0.6 is 0 Å². The molecule has 1 atom stereocenters. The van der Waals surface area contributed by atoms with Crippen molar-refractivity contribution in [1.29, 1.82) is 0 Å². The molecule has 6 nitrogen and oxygen atoms in total. The minimum absolute atomic E-state index is 0.199. The molecule has 2 aliphatic rings. The second-order valence-electron chi connectivity index (χ2n) is 7.89. The van der Waals surface area contributed by atoms with Crippen LogP contribution in [0.25, 0.3) is 0 Å². The number of nitrogens with one attached hydrogen (secondary N) is 1. The number of aryl methyl sites for hydroxylation is 1. The first-order valence-electron chi connectivity index (χ1n) is 10.8. The van der Waals surface area contributed by atoms with Gasteiger partial charge in [-0.3, -0.25) is 4.79 Å². The third-order valence-corrected chi connectivity index (χ3v) is 5.83. The first kappa shape index (κ1) is 19.8. The third-order valence-electron chi connectivity index (χ3n) is 5.83. The van der Waals surface area contributed by atoms with E-state index in [1.54, 1.807) is 0 Å². The summed E-state index contributed by atoms with van der Waals surface area (Å²) in [5.41, 5.74) is 3.38. The summed E-state index contributed by atoms with van der Waals surface area (Å²) in [5, 5.41) is 3.43. The number of piperidine rings is 1. The van der Waals surface area contributed by atoms with E-state index >= 15 is 0 Å². The molecule has 1 fully saturated rings. The van der Waals surface area contributed by atoms with Gasteiger partial charge >= 0.3 is 0 Å². The van der Waals surface area contributed by atoms with Gasteiger partial charge in [-0.15, -0.1) is 0 Å². The van der Waals surface area contributed by atoms with E-state index in [0.717, 1.165) is 67.3 Å². The lowest BCUT2D eigenvalue weighted by Gasteiger charge is -2.29. The lowest BCUT2D eigenvalue weighted by molar-refractivity contribution is -0.132. The number of hydrogen-bond donors (Lipinski definition) is 1. The van der Waals surface area contributed by atoms with Crippen molar-refractivity contribution in [1.82, 2.24) is 20.2 Å². The fraction of sp³-hybridized carbons (Fsp3) is 0.522. The Balaban J connectivity index is 1.32. The quantitative estimate of drug-likeness (QED) is 0.816. The summed E-state index contributed by atoms with van der Waals surface area (Å²) in [5.74, 6) is 2.46. The van der Waals surface area contributed by atoms with Gasteiger partial charge in [-0.2, -0.15) is 0 Å². The SMILES string of the molecule is CCOc1ccc(CCC(=O)N2CCc3nc([C@@H]4CCCNC4)ncc3C2)cc1. The molecule has 4 rings (SSSR count). The highest BCUT2D eigenvalue weighted by atomic mass is 16.5. The molecule has 154 valence electrons. The number of fused-ring (bicyclic) bond motifs is 1. The number of benzene rings is 1. The van der Waals surface area contributed by atoms with Crippen molar-refractivity contribution >= 4 is 5.91 Å². The molecule has 1 N–H and O–H groups in total. The first-order valence-corrected chi connectivity index (χ1v) is 10.8. The van der Waals surface area contributed by atoms with E-state index in [4.69, 9.17) is 9.72 Å². The maximum atomic E-state index is 12.7. The topological polar surface area (TPSA) is 67.3 Å². The second-order valence-corrected chi connectivity index (χ2v) is 7.89. The van der Waals surface area contributed by atoms with Gasteiger partial charge in [0, 0.05) is 50.2 Å². The van der Waals surface area contributed by atoms with Crippen LogP contribution in [0.3, 0.4) is 0 Å². The van der Waals surface area contributed by atoms with Gasteiger partial charge in [0.2, 0.25) is 5.91 Å². The largest absolute Gasteiger partial charge is 0.494 e. The number of aromatic nitrogens is 2. The first-order chi connectivity index (χ1) is 14.2. The Morgan fingerprint density at radius 3 is 2.93 bits per heavy atom. The lowest BCUT2D eigenvalue weighted by Crippen LogP contribution is -2.37. The normalized spacial score (nSPS) is 18.9. The molecule has 2 aliphatic heterocycles. The number of carbonyl (C=O) groups is 1. The Bertz CT molecular complexity index is 831. The third kappa shape index (κ3) is 4.93. The number of amides is 1. The van der Waals surface area contributed by atoms with Gasteiger partial charge < -0.3 is 15.0 Å². The molecule has 29 heavy (non-hydrogen) atoms. The molecule has 1 aromatic carbocycles. The maximum Gasteiger partial charge on any atom is 0.223 e. The molecular weight excluding hydrogens is 364 g/mol. The average Bonchev–Trinajstić information content (AvgIpc) is 2.78. The minimum atomic E-state index is 0.199. The fourth-order valence-electron chi connectivity index (χ4n) is 4.14. The van der Waals surface area contributed by atoms with E-state index in [-0.39, 0.29) is 5.91 Å². The highest BCUT2D eigenvalue weighted by Crippen LogP contribution is 2.24. The monoisotopic (exact) mass is 394 g/mol. The summed E-state index contributed by atoms with van der Waals surface area (Å²) in [7, 11) is 0. The van der Waals surface area contributed by atoms with Crippen molar-refractivity contribution in [2.24, 2.45) is 0 Å². The lowest BCUT2D eigenvalue weighted by atomic mass is 9.98. The Morgan fingerprint density at radius 1 is 1.31 bits per heavy atom. The number of hydrogen-bond acceptors (Lipinski definition) is 5. The molecule has 0 saturated carbocycles. The van der Waals surface area contributed by atoms with Gasteiger partial charge in [0.05, 0.1) is 12.3 Å². The molecule has 0 aliphatic carbocycles. The van der Waals surface area contributed by atoms with Crippen LogP contribution in [0.4, 0.5) is 0 Å². The van der Waals surface area contributed by atoms with Crippen LogP contribution in [-0.4, -0.2) is 47.0 Å². The zero-order valence-corrected chi connectivity index (χ0v) is 17.2. The van der Waals surface area contributed by atoms with E-state index in [2.05, 4.69) is 10.3 Å². The smallest absolute Gasteiger partial charge is 0.223 e. The van der Waals surface area contributed by atoms with Crippen molar-refractivity contribution < 1.29 is 9.53 Å². The number of carbonyl (C=O) groups excluding carboxylic acids is 1. The van der Waals surface area contributed by atoms with Crippen LogP contribution in [0.2, 0.25) is 0 Å². The van der Waals surface area contributed by atoms with E-state index in [0.29, 0.717) is 25.5 Å². The van der Waals surface area contributed by atoms with Crippen LogP contribution < -0.4 is 10.1 Å². The highest BCUT2D eigenvalue weighted by Gasteiger charge is 2.24. The van der Waals surface area contributed by atoms with Crippen LogP contribution in [0.15, 0.2) is 30.5 Å². The number of nitrogens with zero attached hydrogens (tertiary/aromatic N) is 3. The van der Waals surface area contributed by atoms with Gasteiger partial charge in [0.15, 0.2) is 0 Å². The summed E-state index contributed by atoms with van der Waals surface area (Å²) in [6.07, 6.45) is 6.37. The predicted octanol–water partition coefficient (Wildman–Crippen LogP) is 2.86. The van der Waals surface area contributed by atoms with Crippen molar-refractivity contribution in [3.05, 3.63) is 53.1 Å². The van der Waals surface area contributed by atoms with Crippen LogP contribution in [0, 0.1) is 0 Å². The summed E-state index contributed by atoms with van der Waals surface area (Å²) < 4.78 is 5.47. The molecule has 1 aromatic heterocycles. The fourth-order valence-corrected chi connectivity index (χ4v) is 4.14. The Kier molecular flexibility index (Phi) is 6.39. The Morgan fingerprint density at radius 2 is 2.17 bits per heavy atom. The molecule has 0 radical (unpaired) electrons. The Hall–Kier alpha value is -2.47. The van der Waals surface area contributed by atoms with Crippen LogP contribution in [0.5, 0.6) is 5.75 Å². The standard InChI is InChI=1S/C23H30N4O2/c1-2-29-20-8-5-17(6-9-20)7-10-22(28)27-13-11-21-19(16-27)15-25-23(26-21)18-4-3-12-24-14-18/h5-6,8-9,15,18,24H,2-4,7,10-14,16H2,1H3/t18-/m1/s1. The Labute approximate surface area is 172 Å². The van der Waals surface area contributed by atoms with Crippen molar-refractivity contribution in [3.8, 4) is 5.75 Å². The number of ether oxygens (including phenoxy) is 1. The van der Waals surface area contributed by atoms with Crippen molar-refractivity contribution in [3.63, 3.8) is 0 Å². The average molecular weight is 395 g/mol. The van der Waals surface area contributed by atoms with E-state index < -0.39 is 0 Å². The molecule has 0 spiro atoms. The van der Waals surface area contributed by atoms with Gasteiger partial charge in [0.25, 0.3) is 0 Å². The summed E-state index contributed by atoms with van der Waals surface area (Å²) in [6, 6.07) is 8.02. The van der Waals surface area contributed by atoms with E-state index in [9.17, 15) is 4.79 Å². The highest BCUT2D eigenvalue weighted by molar-refractivity contribution is 5.76. The van der Waals surface area contributed by atoms with Crippen molar-refractivity contribution in [2.75, 3.05) is 26.2 Å². The summed E-state index contributed by atoms with van der Waals surface area (Å²) >= 11 is 0. The summed E-state index contributed by atoms with van der Waals surface area (Å²) in [6.45, 7) is 6.07. The number of rotatable bonds is 6. The minimum Gasteiger partial charge on any atom is -0.494 e. The zero-order chi connectivity index (χ0) is 20.1. The summed E-state index contributed by atoms with van der Waals surface area (Å²) in [4.78, 5) is 24.1. The molecule has 0 bridgehead atoms. The van der Waals surface area contributed by atoms with E-state index in [1.165, 1.54) is 6.42 Å². The molecule has 1 saturated heterocycles. The zero-order valence-electron chi connectivity index (χ0n) is 17.2. The van der Waals surface area contributed by atoms with Crippen LogP contribution in [0.1, 0.15) is 54.7 Å². The maximum absolute atomic E-state index is 12.7. The molecule has 0 unspecified atom stereocenters. The van der Waals surface area contributed by atoms with Gasteiger partial charge in [-0.25, -0.2) is 9.97 Å². The molecule has 6 heteroatoms. The van der Waals surface area contributed by atoms with Crippen molar-refractivity contribution in [2.45, 2.75) is 51.5 Å². The van der Waals surface area contributed by atoms with E-state index in [1.807, 2.05) is 42.3 Å². The molecule has 1 amide bonds. The van der Waals surface area contributed by atoms with Crippen LogP contribution in [-0.2, 0) is 24.2 Å². The predicted molar refractivity (Wildman–Crippen MR) is 112 cm³/mol. The van der Waals surface area contributed by atoms with Gasteiger partial charge in [-0.05, 0) is 50.4 Å². The molecular formula is C23H30N4O2. The molecule has 3 heterocycles.